The number of rotatable bonds is 4. The summed E-state index contributed by atoms with van der Waals surface area (Å²) in [5.41, 5.74) is 1.63. The van der Waals surface area contributed by atoms with Crippen molar-refractivity contribution in [2.45, 2.75) is 11.8 Å². The molecule has 7 heteroatoms. The summed E-state index contributed by atoms with van der Waals surface area (Å²) in [5, 5.41) is 0.501. The summed E-state index contributed by atoms with van der Waals surface area (Å²) in [6.07, 6.45) is 3.16. The summed E-state index contributed by atoms with van der Waals surface area (Å²) < 4.78 is 29.0. The predicted octanol–water partition coefficient (Wildman–Crippen LogP) is 3.63. The summed E-state index contributed by atoms with van der Waals surface area (Å²) in [5.74, 6) is 0.179. The quantitative estimate of drug-likeness (QED) is 0.783. The fraction of sp³-hybridized carbons (Fsp3) is 0.0625. The molecule has 118 valence electrons. The van der Waals surface area contributed by atoms with Crippen molar-refractivity contribution in [3.05, 3.63) is 71.5 Å². The Labute approximate surface area is 139 Å². The van der Waals surface area contributed by atoms with Gasteiger partial charge in [0.1, 0.15) is 0 Å². The lowest BCUT2D eigenvalue weighted by Crippen LogP contribution is -2.16. The maximum Gasteiger partial charge on any atom is 0.264 e. The maximum absolute atomic E-state index is 12.5. The topological polar surface area (TPSA) is 64.0 Å². The average molecular weight is 348 g/mol. The second kappa shape index (κ2) is 6.06. The predicted molar refractivity (Wildman–Crippen MR) is 90.6 cm³/mol. The third-order valence-electron chi connectivity index (χ3n) is 3.31. The van der Waals surface area contributed by atoms with Crippen LogP contribution in [0.15, 0.2) is 65.8 Å². The molecule has 0 amide bonds. The Bertz CT molecular complexity index is 934. The van der Waals surface area contributed by atoms with Gasteiger partial charge in [-0.15, -0.1) is 0 Å². The van der Waals surface area contributed by atoms with Gasteiger partial charge in [0.15, 0.2) is 0 Å². The molecule has 0 radical (unpaired) electrons. The molecule has 0 saturated carbocycles. The highest BCUT2D eigenvalue weighted by Gasteiger charge is 2.18. The fourth-order valence-corrected chi connectivity index (χ4v) is 3.35. The van der Waals surface area contributed by atoms with Crippen LogP contribution in [0.5, 0.6) is 0 Å². The van der Waals surface area contributed by atoms with E-state index in [0.29, 0.717) is 10.7 Å². The van der Waals surface area contributed by atoms with Crippen LogP contribution in [0, 0.1) is 6.92 Å². The second-order valence-electron chi connectivity index (χ2n) is 4.99. The number of benzene rings is 2. The molecule has 0 spiro atoms. The number of hydrogen-bond acceptors (Lipinski definition) is 3. The number of sulfonamides is 1. The van der Waals surface area contributed by atoms with Crippen LogP contribution in [0.1, 0.15) is 5.56 Å². The van der Waals surface area contributed by atoms with Crippen LogP contribution in [0.2, 0.25) is 5.02 Å². The van der Waals surface area contributed by atoms with Gasteiger partial charge in [0, 0.05) is 12.4 Å². The first kappa shape index (κ1) is 15.6. The van der Waals surface area contributed by atoms with Gasteiger partial charge in [-0.1, -0.05) is 41.4 Å². The Morgan fingerprint density at radius 2 is 1.78 bits per heavy atom. The van der Waals surface area contributed by atoms with E-state index >= 15 is 0 Å². The van der Waals surface area contributed by atoms with Crippen molar-refractivity contribution in [3.63, 3.8) is 0 Å². The van der Waals surface area contributed by atoms with Crippen LogP contribution in [0.4, 0.5) is 5.95 Å². The molecule has 0 aliphatic rings. The van der Waals surface area contributed by atoms with Crippen LogP contribution in [0.25, 0.3) is 5.69 Å². The number of nitrogens with zero attached hydrogens (tertiary/aromatic N) is 2. The maximum atomic E-state index is 12.5. The molecule has 2 aromatic carbocycles. The highest BCUT2D eigenvalue weighted by Crippen LogP contribution is 2.24. The molecule has 1 heterocycles. The van der Waals surface area contributed by atoms with Crippen LogP contribution >= 0.6 is 11.6 Å². The first-order chi connectivity index (χ1) is 11.0. The van der Waals surface area contributed by atoms with Crippen molar-refractivity contribution in [1.82, 2.24) is 9.55 Å². The Morgan fingerprint density at radius 1 is 1.09 bits per heavy atom. The molecular weight excluding hydrogens is 334 g/mol. The molecule has 0 fully saturated rings. The molecule has 23 heavy (non-hydrogen) atoms. The van der Waals surface area contributed by atoms with Gasteiger partial charge in [0.2, 0.25) is 5.95 Å². The number of nitrogens with one attached hydrogen (secondary N) is 1. The van der Waals surface area contributed by atoms with Gasteiger partial charge in [-0.25, -0.2) is 18.1 Å². The first-order valence-corrected chi connectivity index (χ1v) is 8.71. The molecule has 5 nitrogen and oxygen atoms in total. The molecule has 0 aliphatic carbocycles. The van der Waals surface area contributed by atoms with E-state index in [2.05, 4.69) is 9.71 Å². The Kier molecular flexibility index (Phi) is 4.11. The molecule has 0 unspecified atom stereocenters. The number of para-hydroxylation sites is 1. The van der Waals surface area contributed by atoms with Crippen molar-refractivity contribution < 1.29 is 8.42 Å². The number of hydrogen-bond donors (Lipinski definition) is 1. The van der Waals surface area contributed by atoms with Crippen LogP contribution in [0.3, 0.4) is 0 Å². The molecule has 0 atom stereocenters. The molecule has 0 aliphatic heterocycles. The van der Waals surface area contributed by atoms with Gasteiger partial charge in [0.25, 0.3) is 10.0 Å². The van der Waals surface area contributed by atoms with E-state index in [1.54, 1.807) is 53.2 Å². The minimum Gasteiger partial charge on any atom is -0.284 e. The fourth-order valence-electron chi connectivity index (χ4n) is 2.12. The lowest BCUT2D eigenvalue weighted by molar-refractivity contribution is 0.600. The van der Waals surface area contributed by atoms with Gasteiger partial charge in [-0.2, -0.15) is 0 Å². The number of aryl methyl sites for hydroxylation is 1. The van der Waals surface area contributed by atoms with E-state index in [9.17, 15) is 8.42 Å². The van der Waals surface area contributed by atoms with E-state index in [1.807, 2.05) is 13.0 Å². The average Bonchev–Trinajstić information content (AvgIpc) is 2.95. The molecular formula is C16H14ClN3O2S. The standard InChI is InChI=1S/C16H14ClN3O2S/c1-12-6-8-13(9-7-12)23(21,22)19-16-18-10-11-20(16)15-5-3-2-4-14(15)17/h2-11H,1H3,(H,18,19). The number of imidazole rings is 1. The lowest BCUT2D eigenvalue weighted by Gasteiger charge is -2.11. The molecule has 1 aromatic heterocycles. The highest BCUT2D eigenvalue weighted by molar-refractivity contribution is 7.92. The highest BCUT2D eigenvalue weighted by atomic mass is 35.5. The van der Waals surface area contributed by atoms with Crippen LogP contribution in [-0.2, 0) is 10.0 Å². The Balaban J connectivity index is 1.97. The zero-order valence-electron chi connectivity index (χ0n) is 12.3. The van der Waals surface area contributed by atoms with Gasteiger partial charge in [-0.3, -0.25) is 4.57 Å². The van der Waals surface area contributed by atoms with E-state index in [4.69, 9.17) is 11.6 Å². The van der Waals surface area contributed by atoms with E-state index in [1.165, 1.54) is 6.20 Å². The Morgan fingerprint density at radius 3 is 2.48 bits per heavy atom. The van der Waals surface area contributed by atoms with Gasteiger partial charge >= 0.3 is 0 Å². The molecule has 0 saturated heterocycles. The number of halogens is 1. The van der Waals surface area contributed by atoms with Crippen molar-refractivity contribution in [3.8, 4) is 5.69 Å². The van der Waals surface area contributed by atoms with E-state index in [-0.39, 0.29) is 10.8 Å². The monoisotopic (exact) mass is 347 g/mol. The summed E-state index contributed by atoms with van der Waals surface area (Å²) >= 11 is 6.17. The zero-order valence-corrected chi connectivity index (χ0v) is 13.8. The van der Waals surface area contributed by atoms with Crippen molar-refractivity contribution >= 4 is 27.6 Å². The van der Waals surface area contributed by atoms with Crippen molar-refractivity contribution in [1.29, 1.82) is 0 Å². The van der Waals surface area contributed by atoms with Crippen LogP contribution in [-0.4, -0.2) is 18.0 Å². The normalized spacial score (nSPS) is 11.4. The lowest BCUT2D eigenvalue weighted by atomic mass is 10.2. The molecule has 1 N–H and O–H groups in total. The SMILES string of the molecule is Cc1ccc(S(=O)(=O)Nc2nccn2-c2ccccc2Cl)cc1. The minimum atomic E-state index is -3.72. The van der Waals surface area contributed by atoms with Crippen LogP contribution < -0.4 is 4.72 Å². The minimum absolute atomic E-state index is 0.178. The zero-order chi connectivity index (χ0) is 16.4. The summed E-state index contributed by atoms with van der Waals surface area (Å²) in [4.78, 5) is 4.25. The number of anilines is 1. The third kappa shape index (κ3) is 3.23. The summed E-state index contributed by atoms with van der Waals surface area (Å²) in [6.45, 7) is 1.90. The number of aromatic nitrogens is 2. The first-order valence-electron chi connectivity index (χ1n) is 6.85. The Hall–Kier alpha value is -2.31. The smallest absolute Gasteiger partial charge is 0.264 e. The second-order valence-corrected chi connectivity index (χ2v) is 7.08. The van der Waals surface area contributed by atoms with Gasteiger partial charge in [0.05, 0.1) is 15.6 Å². The van der Waals surface area contributed by atoms with Crippen molar-refractivity contribution in [2.75, 3.05) is 4.72 Å². The van der Waals surface area contributed by atoms with Gasteiger partial charge in [-0.05, 0) is 31.2 Å². The molecule has 3 aromatic rings. The molecule has 0 bridgehead atoms. The van der Waals surface area contributed by atoms with Gasteiger partial charge < -0.3 is 0 Å². The van der Waals surface area contributed by atoms with E-state index in [0.717, 1.165) is 5.56 Å². The summed E-state index contributed by atoms with van der Waals surface area (Å²) in [7, 11) is -3.72. The largest absolute Gasteiger partial charge is 0.284 e. The molecule has 3 rings (SSSR count). The van der Waals surface area contributed by atoms with Crippen molar-refractivity contribution in [2.24, 2.45) is 0 Å². The third-order valence-corrected chi connectivity index (χ3v) is 4.97. The summed E-state index contributed by atoms with van der Waals surface area (Å²) in [6, 6.07) is 13.7. The van der Waals surface area contributed by atoms with E-state index < -0.39 is 10.0 Å².